The Morgan fingerprint density at radius 3 is 3.12 bits per heavy atom. The molecule has 1 unspecified atom stereocenters. The Bertz CT molecular complexity index is 419. The number of halogens is 1. The van der Waals surface area contributed by atoms with Crippen LogP contribution in [0, 0.1) is 6.92 Å². The number of hydrogen-bond acceptors (Lipinski definition) is 3. The molecule has 94 valence electrons. The fourth-order valence-corrected chi connectivity index (χ4v) is 3.61. The van der Waals surface area contributed by atoms with Crippen LogP contribution in [-0.2, 0) is 11.2 Å². The molecule has 0 aliphatic heterocycles. The lowest BCUT2D eigenvalue weighted by Gasteiger charge is -2.26. The van der Waals surface area contributed by atoms with Crippen LogP contribution in [0.25, 0.3) is 0 Å². The Morgan fingerprint density at radius 1 is 1.65 bits per heavy atom. The number of rotatable bonds is 3. The maximum atomic E-state index is 11.5. The summed E-state index contributed by atoms with van der Waals surface area (Å²) in [6.07, 6.45) is 3.46. The molecule has 0 radical (unpaired) electrons. The van der Waals surface area contributed by atoms with Gasteiger partial charge >= 0.3 is 0 Å². The van der Waals surface area contributed by atoms with Gasteiger partial charge in [0.25, 0.3) is 0 Å². The highest BCUT2D eigenvalue weighted by Crippen LogP contribution is 2.34. The zero-order valence-corrected chi connectivity index (χ0v) is 11.8. The summed E-state index contributed by atoms with van der Waals surface area (Å²) in [5.41, 5.74) is 1.22. The first-order valence-corrected chi connectivity index (χ1v) is 7.23. The van der Waals surface area contributed by atoms with Gasteiger partial charge in [0, 0.05) is 24.4 Å². The third-order valence-electron chi connectivity index (χ3n) is 3.21. The number of aromatic nitrogens is 1. The number of alkyl halides is 1. The Morgan fingerprint density at radius 2 is 2.41 bits per heavy atom. The topological polar surface area (TPSA) is 33.2 Å². The SMILES string of the molecule is Cc1nc2c(s1)CCCC2CN(C)C(=O)CCl. The summed E-state index contributed by atoms with van der Waals surface area (Å²) in [5, 5.41) is 1.13. The number of nitrogens with zero attached hydrogens (tertiary/aromatic N) is 2. The van der Waals surface area contributed by atoms with Gasteiger partial charge in [-0.25, -0.2) is 4.98 Å². The smallest absolute Gasteiger partial charge is 0.237 e. The Labute approximate surface area is 111 Å². The van der Waals surface area contributed by atoms with Crippen molar-refractivity contribution in [2.75, 3.05) is 19.5 Å². The standard InChI is InChI=1S/C12H17ClN2OS/c1-8-14-12-9(4-3-5-10(12)17-8)7-15(2)11(16)6-13/h9H,3-7H2,1-2H3. The van der Waals surface area contributed by atoms with Crippen molar-refractivity contribution in [3.8, 4) is 0 Å². The summed E-state index contributed by atoms with van der Waals surface area (Å²) in [7, 11) is 1.82. The van der Waals surface area contributed by atoms with E-state index in [9.17, 15) is 4.79 Å². The largest absolute Gasteiger partial charge is 0.344 e. The van der Waals surface area contributed by atoms with Crippen molar-refractivity contribution in [2.45, 2.75) is 32.1 Å². The number of aryl methyl sites for hydroxylation is 2. The third-order valence-corrected chi connectivity index (χ3v) is 4.49. The summed E-state index contributed by atoms with van der Waals surface area (Å²) in [4.78, 5) is 19.2. The van der Waals surface area contributed by atoms with Crippen LogP contribution in [0.2, 0.25) is 0 Å². The Kier molecular flexibility index (Phi) is 4.05. The van der Waals surface area contributed by atoms with Crippen LogP contribution in [0.5, 0.6) is 0 Å². The van der Waals surface area contributed by atoms with Crippen LogP contribution >= 0.6 is 22.9 Å². The highest BCUT2D eigenvalue weighted by Gasteiger charge is 2.25. The van der Waals surface area contributed by atoms with E-state index in [0.717, 1.165) is 24.4 Å². The molecule has 0 saturated heterocycles. The Hall–Kier alpha value is -0.610. The molecule has 0 aromatic carbocycles. The van der Waals surface area contributed by atoms with Gasteiger partial charge in [0.2, 0.25) is 5.91 Å². The second-order valence-corrected chi connectivity index (χ2v) is 6.09. The lowest BCUT2D eigenvalue weighted by atomic mass is 9.90. The maximum absolute atomic E-state index is 11.5. The van der Waals surface area contributed by atoms with Crippen LogP contribution in [0.1, 0.15) is 34.3 Å². The van der Waals surface area contributed by atoms with Crippen LogP contribution in [0.3, 0.4) is 0 Å². The molecule has 1 aliphatic rings. The minimum atomic E-state index is -0.00857. The molecular formula is C12H17ClN2OS. The fraction of sp³-hybridized carbons (Fsp3) is 0.667. The average molecular weight is 273 g/mol. The highest BCUT2D eigenvalue weighted by atomic mass is 35.5. The van der Waals surface area contributed by atoms with E-state index in [1.165, 1.54) is 17.0 Å². The first-order chi connectivity index (χ1) is 8.11. The summed E-state index contributed by atoms with van der Waals surface area (Å²) in [6.45, 7) is 2.79. The molecule has 2 rings (SSSR count). The van der Waals surface area contributed by atoms with E-state index in [2.05, 4.69) is 4.98 Å². The minimum Gasteiger partial charge on any atom is -0.344 e. The van der Waals surface area contributed by atoms with Gasteiger partial charge in [-0.2, -0.15) is 0 Å². The number of thiazole rings is 1. The number of amides is 1. The van der Waals surface area contributed by atoms with Crippen molar-refractivity contribution in [3.05, 3.63) is 15.6 Å². The number of carbonyl (C=O) groups is 1. The van der Waals surface area contributed by atoms with E-state index >= 15 is 0 Å². The highest BCUT2D eigenvalue weighted by molar-refractivity contribution is 7.11. The fourth-order valence-electron chi connectivity index (χ4n) is 2.34. The predicted molar refractivity (Wildman–Crippen MR) is 70.9 cm³/mol. The molecule has 0 bridgehead atoms. The van der Waals surface area contributed by atoms with Crippen LogP contribution in [0.15, 0.2) is 0 Å². The number of likely N-dealkylation sites (N-methyl/N-ethyl adjacent to an activating group) is 1. The van der Waals surface area contributed by atoms with Crippen LogP contribution < -0.4 is 0 Å². The molecule has 0 spiro atoms. The summed E-state index contributed by atoms with van der Waals surface area (Å²) < 4.78 is 0. The molecule has 0 saturated carbocycles. The van der Waals surface area contributed by atoms with E-state index < -0.39 is 0 Å². The van der Waals surface area contributed by atoms with E-state index in [-0.39, 0.29) is 11.8 Å². The number of carbonyl (C=O) groups excluding carboxylic acids is 1. The molecule has 17 heavy (non-hydrogen) atoms. The van der Waals surface area contributed by atoms with E-state index in [4.69, 9.17) is 11.6 Å². The van der Waals surface area contributed by atoms with E-state index in [1.807, 2.05) is 14.0 Å². The van der Waals surface area contributed by atoms with Crippen LogP contribution in [-0.4, -0.2) is 35.3 Å². The second-order valence-electron chi connectivity index (χ2n) is 4.54. The van der Waals surface area contributed by atoms with E-state index in [0.29, 0.717) is 5.92 Å². The van der Waals surface area contributed by atoms with Crippen molar-refractivity contribution < 1.29 is 4.79 Å². The Balaban J connectivity index is 2.10. The van der Waals surface area contributed by atoms with E-state index in [1.54, 1.807) is 16.2 Å². The monoisotopic (exact) mass is 272 g/mol. The van der Waals surface area contributed by atoms with Gasteiger partial charge in [-0.15, -0.1) is 22.9 Å². The summed E-state index contributed by atoms with van der Waals surface area (Å²) >= 11 is 7.36. The lowest BCUT2D eigenvalue weighted by molar-refractivity contribution is -0.127. The van der Waals surface area contributed by atoms with Gasteiger partial charge in [0.05, 0.1) is 10.7 Å². The van der Waals surface area contributed by atoms with Crippen LogP contribution in [0.4, 0.5) is 0 Å². The average Bonchev–Trinajstić information content (AvgIpc) is 2.69. The molecule has 1 aliphatic carbocycles. The normalized spacial score (nSPS) is 18.9. The summed E-state index contributed by atoms with van der Waals surface area (Å²) in [5.74, 6) is 0.443. The zero-order valence-electron chi connectivity index (χ0n) is 10.2. The molecule has 0 fully saturated rings. The molecular weight excluding hydrogens is 256 g/mol. The van der Waals surface area contributed by atoms with Crippen molar-refractivity contribution in [2.24, 2.45) is 0 Å². The first kappa shape index (κ1) is 12.8. The first-order valence-electron chi connectivity index (χ1n) is 5.88. The maximum Gasteiger partial charge on any atom is 0.237 e. The molecule has 1 aromatic rings. The van der Waals surface area contributed by atoms with Crippen molar-refractivity contribution in [1.82, 2.24) is 9.88 Å². The van der Waals surface area contributed by atoms with Gasteiger partial charge in [0.1, 0.15) is 5.88 Å². The van der Waals surface area contributed by atoms with Crippen molar-refractivity contribution >= 4 is 28.8 Å². The minimum absolute atomic E-state index is 0.00857. The summed E-state index contributed by atoms with van der Waals surface area (Å²) in [6, 6.07) is 0. The molecule has 5 heteroatoms. The second kappa shape index (κ2) is 5.36. The lowest BCUT2D eigenvalue weighted by Crippen LogP contribution is -2.33. The van der Waals surface area contributed by atoms with Crippen molar-refractivity contribution in [1.29, 1.82) is 0 Å². The molecule has 1 aromatic heterocycles. The predicted octanol–water partition coefficient (Wildman–Crippen LogP) is 2.57. The third kappa shape index (κ3) is 2.80. The van der Waals surface area contributed by atoms with Gasteiger partial charge < -0.3 is 4.90 Å². The van der Waals surface area contributed by atoms with Gasteiger partial charge in [-0.3, -0.25) is 4.79 Å². The number of fused-ring (bicyclic) bond motifs is 1. The molecule has 3 nitrogen and oxygen atoms in total. The number of hydrogen-bond donors (Lipinski definition) is 0. The van der Waals surface area contributed by atoms with Gasteiger partial charge in [0.15, 0.2) is 0 Å². The molecule has 1 atom stereocenters. The van der Waals surface area contributed by atoms with Gasteiger partial charge in [-0.1, -0.05) is 0 Å². The quantitative estimate of drug-likeness (QED) is 0.793. The van der Waals surface area contributed by atoms with Gasteiger partial charge in [-0.05, 0) is 26.2 Å². The zero-order chi connectivity index (χ0) is 12.4. The molecule has 0 N–H and O–H groups in total. The molecule has 1 amide bonds. The van der Waals surface area contributed by atoms with Crippen molar-refractivity contribution in [3.63, 3.8) is 0 Å². The molecule has 1 heterocycles.